The van der Waals surface area contributed by atoms with Gasteiger partial charge >= 0.3 is 0 Å². The molecule has 0 aliphatic rings. The number of unbranched alkanes of at least 4 members (excludes halogenated alkanes) is 1. The van der Waals surface area contributed by atoms with Crippen LogP contribution in [0.25, 0.3) is 22.6 Å². The number of nitrogens with one attached hydrogen (secondary N) is 1. The zero-order chi connectivity index (χ0) is 25.8. The Morgan fingerprint density at radius 3 is 2.44 bits per heavy atom. The van der Waals surface area contributed by atoms with Crippen molar-refractivity contribution in [2.45, 2.75) is 32.7 Å². The lowest BCUT2D eigenvalue weighted by atomic mass is 9.95. The second kappa shape index (κ2) is 10.5. The van der Waals surface area contributed by atoms with Crippen molar-refractivity contribution < 1.29 is 23.4 Å². The molecule has 188 valence electrons. The van der Waals surface area contributed by atoms with Gasteiger partial charge in [-0.2, -0.15) is 0 Å². The molecule has 0 saturated carbocycles. The molecular formula is C25H25FN4O6. The Hall–Kier alpha value is -4.41. The van der Waals surface area contributed by atoms with Crippen molar-refractivity contribution in [1.82, 2.24) is 19.7 Å². The minimum absolute atomic E-state index is 0.0214. The van der Waals surface area contributed by atoms with Crippen molar-refractivity contribution in [3.63, 3.8) is 0 Å². The quantitative estimate of drug-likeness (QED) is 0.360. The average Bonchev–Trinajstić information content (AvgIpc) is 3.31. The Balaban J connectivity index is 1.90. The highest BCUT2D eigenvalue weighted by Crippen LogP contribution is 2.46. The number of pyridine rings is 2. The van der Waals surface area contributed by atoms with Crippen LogP contribution in [0.3, 0.4) is 0 Å². The molecule has 3 heterocycles. The Kier molecular flexibility index (Phi) is 7.18. The van der Waals surface area contributed by atoms with Crippen LogP contribution in [-0.2, 0) is 13.0 Å². The number of nitrogens with zero attached hydrogens (tertiary/aromatic N) is 3. The fraction of sp³-hybridized carbons (Fsp3) is 0.280. The highest BCUT2D eigenvalue weighted by molar-refractivity contribution is 5.87. The molecule has 0 aliphatic heterocycles. The molecule has 0 radical (unpaired) electrons. The van der Waals surface area contributed by atoms with Gasteiger partial charge in [-0.1, -0.05) is 19.4 Å². The van der Waals surface area contributed by atoms with Gasteiger partial charge in [-0.3, -0.25) is 9.59 Å². The van der Waals surface area contributed by atoms with Crippen LogP contribution in [0.2, 0.25) is 0 Å². The molecule has 1 aromatic carbocycles. The smallest absolute Gasteiger partial charge is 0.264 e. The number of benzene rings is 1. The van der Waals surface area contributed by atoms with Crippen molar-refractivity contribution in [2.75, 3.05) is 14.2 Å². The largest absolute Gasteiger partial charge is 0.506 e. The van der Waals surface area contributed by atoms with Crippen LogP contribution in [-0.4, -0.2) is 39.1 Å². The van der Waals surface area contributed by atoms with Crippen LogP contribution in [0.4, 0.5) is 4.39 Å². The van der Waals surface area contributed by atoms with Crippen molar-refractivity contribution >= 4 is 0 Å². The van der Waals surface area contributed by atoms with E-state index in [4.69, 9.17) is 13.9 Å². The zero-order valence-corrected chi connectivity index (χ0v) is 20.0. The third-order valence-corrected chi connectivity index (χ3v) is 5.65. The number of methoxy groups -OCH3 is 2. The molecule has 11 heteroatoms. The maximum atomic E-state index is 14.2. The van der Waals surface area contributed by atoms with Gasteiger partial charge in [-0.05, 0) is 18.9 Å². The number of H-pyrrole nitrogens is 1. The molecule has 4 aromatic rings. The number of rotatable bonds is 9. The van der Waals surface area contributed by atoms with Crippen molar-refractivity contribution in [1.29, 1.82) is 0 Å². The van der Waals surface area contributed by atoms with Gasteiger partial charge < -0.3 is 28.5 Å². The summed E-state index contributed by atoms with van der Waals surface area (Å²) in [5, 5.41) is 19.3. The van der Waals surface area contributed by atoms with E-state index in [9.17, 15) is 19.1 Å². The number of aryl methyl sites for hydroxylation is 1. The summed E-state index contributed by atoms with van der Waals surface area (Å²) in [5.41, 5.74) is -0.297. The molecule has 0 fully saturated rings. The first-order valence-electron chi connectivity index (χ1n) is 11.3. The minimum atomic E-state index is -0.644. The van der Waals surface area contributed by atoms with Crippen LogP contribution in [0, 0.1) is 5.82 Å². The summed E-state index contributed by atoms with van der Waals surface area (Å²) in [7, 11) is 2.73. The zero-order valence-electron chi connectivity index (χ0n) is 20.0. The van der Waals surface area contributed by atoms with Gasteiger partial charge in [-0.15, -0.1) is 10.2 Å². The lowest BCUT2D eigenvalue weighted by Gasteiger charge is -2.18. The van der Waals surface area contributed by atoms with Gasteiger partial charge in [0, 0.05) is 30.1 Å². The summed E-state index contributed by atoms with van der Waals surface area (Å²) >= 11 is 0. The molecule has 0 bridgehead atoms. The first kappa shape index (κ1) is 24.7. The maximum absolute atomic E-state index is 14.2. The lowest BCUT2D eigenvalue weighted by molar-refractivity contribution is 0.390. The predicted octanol–water partition coefficient (Wildman–Crippen LogP) is 3.51. The van der Waals surface area contributed by atoms with Gasteiger partial charge in [0.15, 0.2) is 0 Å². The first-order valence-corrected chi connectivity index (χ1v) is 11.3. The van der Waals surface area contributed by atoms with E-state index < -0.39 is 17.1 Å². The summed E-state index contributed by atoms with van der Waals surface area (Å²) in [6.45, 7) is 1.97. The molecule has 10 nitrogen and oxygen atoms in total. The van der Waals surface area contributed by atoms with E-state index in [0.29, 0.717) is 18.5 Å². The van der Waals surface area contributed by atoms with Gasteiger partial charge in [-0.25, -0.2) is 4.39 Å². The summed E-state index contributed by atoms with van der Waals surface area (Å²) in [6, 6.07) is 7.00. The normalized spacial score (nSPS) is 11.0. The number of halogens is 1. The SMILES string of the molecule is CCCCc1[nH]c(=O)c(-c2nnc(Cn3ccccc3=O)o2)c(O)c1-c1c(OC)cc(F)cc1OC. The van der Waals surface area contributed by atoms with Crippen molar-refractivity contribution in [2.24, 2.45) is 0 Å². The number of aromatic amines is 1. The van der Waals surface area contributed by atoms with Gasteiger partial charge in [0.05, 0.1) is 25.3 Å². The number of hydrogen-bond donors (Lipinski definition) is 2. The van der Waals surface area contributed by atoms with E-state index in [1.165, 1.54) is 24.9 Å². The van der Waals surface area contributed by atoms with E-state index in [1.54, 1.807) is 18.3 Å². The molecule has 0 spiro atoms. The average molecular weight is 496 g/mol. The Labute approximate surface area is 205 Å². The number of aromatic nitrogens is 4. The Morgan fingerprint density at radius 2 is 1.81 bits per heavy atom. The third kappa shape index (κ3) is 4.72. The summed E-state index contributed by atoms with van der Waals surface area (Å²) in [4.78, 5) is 27.9. The number of hydrogen-bond acceptors (Lipinski definition) is 8. The van der Waals surface area contributed by atoms with Crippen LogP contribution >= 0.6 is 0 Å². The molecule has 36 heavy (non-hydrogen) atoms. The first-order chi connectivity index (χ1) is 17.4. The molecule has 2 N–H and O–H groups in total. The van der Waals surface area contributed by atoms with Gasteiger partial charge in [0.25, 0.3) is 17.0 Å². The second-order valence-electron chi connectivity index (χ2n) is 7.99. The highest BCUT2D eigenvalue weighted by Gasteiger charge is 2.28. The summed E-state index contributed by atoms with van der Waals surface area (Å²) < 4.78 is 32.0. The molecule has 0 atom stereocenters. The van der Waals surface area contributed by atoms with Crippen LogP contribution in [0.5, 0.6) is 17.2 Å². The maximum Gasteiger partial charge on any atom is 0.264 e. The lowest BCUT2D eigenvalue weighted by Crippen LogP contribution is -2.18. The Morgan fingerprint density at radius 1 is 1.08 bits per heavy atom. The highest BCUT2D eigenvalue weighted by atomic mass is 19.1. The molecular weight excluding hydrogens is 471 g/mol. The van der Waals surface area contributed by atoms with Crippen LogP contribution in [0.1, 0.15) is 31.4 Å². The van der Waals surface area contributed by atoms with Crippen molar-refractivity contribution in [3.05, 3.63) is 74.6 Å². The van der Waals surface area contributed by atoms with Crippen LogP contribution < -0.4 is 20.6 Å². The number of aromatic hydroxyl groups is 1. The number of ether oxygens (including phenoxy) is 2. The molecule has 0 unspecified atom stereocenters. The van der Waals surface area contributed by atoms with Crippen molar-refractivity contribution in [3.8, 4) is 39.8 Å². The van der Waals surface area contributed by atoms with E-state index in [-0.39, 0.29) is 52.1 Å². The van der Waals surface area contributed by atoms with Crippen LogP contribution in [0.15, 0.2) is 50.5 Å². The minimum Gasteiger partial charge on any atom is -0.506 e. The summed E-state index contributed by atoms with van der Waals surface area (Å²) in [5.74, 6) is -1.01. The molecule has 0 saturated heterocycles. The topological polar surface area (TPSA) is 132 Å². The standard InChI is InChI=1S/C25H25FN4O6/c1-4-5-8-15-20(21-16(34-2)11-14(26)12-17(21)35-3)23(32)22(24(33)27-15)25-29-28-18(36-25)13-30-10-7-6-9-19(30)31/h6-7,9-12H,4-5,8,13H2,1-3H3,(H2,27,32,33). The molecule has 4 rings (SSSR count). The van der Waals surface area contributed by atoms with E-state index >= 15 is 0 Å². The molecule has 0 amide bonds. The third-order valence-electron chi connectivity index (χ3n) is 5.65. The van der Waals surface area contributed by atoms with E-state index in [0.717, 1.165) is 18.6 Å². The van der Waals surface area contributed by atoms with E-state index in [2.05, 4.69) is 15.2 Å². The monoisotopic (exact) mass is 496 g/mol. The fourth-order valence-corrected chi connectivity index (χ4v) is 3.93. The Bertz CT molecular complexity index is 1480. The second-order valence-corrected chi connectivity index (χ2v) is 7.99. The predicted molar refractivity (Wildman–Crippen MR) is 129 cm³/mol. The van der Waals surface area contributed by atoms with Gasteiger partial charge in [0.2, 0.25) is 5.89 Å². The fourth-order valence-electron chi connectivity index (χ4n) is 3.93. The molecule has 0 aliphatic carbocycles. The van der Waals surface area contributed by atoms with Gasteiger partial charge in [0.1, 0.15) is 35.2 Å². The summed E-state index contributed by atoms with van der Waals surface area (Å²) in [6.07, 6.45) is 3.52. The van der Waals surface area contributed by atoms with E-state index in [1.807, 2.05) is 6.92 Å². The molecule has 3 aromatic heterocycles.